The van der Waals surface area contributed by atoms with Gasteiger partial charge < -0.3 is 10.5 Å². The van der Waals surface area contributed by atoms with Gasteiger partial charge in [0.15, 0.2) is 0 Å². The van der Waals surface area contributed by atoms with Gasteiger partial charge in [0.1, 0.15) is 5.75 Å². The Labute approximate surface area is 115 Å². The first-order chi connectivity index (χ1) is 8.95. The maximum atomic E-state index is 6.02. The van der Waals surface area contributed by atoms with E-state index in [4.69, 9.17) is 10.5 Å². The Kier molecular flexibility index (Phi) is 3.52. The molecule has 0 aromatic heterocycles. The van der Waals surface area contributed by atoms with Gasteiger partial charge in [-0.3, -0.25) is 0 Å². The molecule has 0 aliphatic rings. The molecule has 100 valence electrons. The first-order valence-corrected chi connectivity index (χ1v) is 6.46. The molecule has 0 spiro atoms. The highest BCUT2D eigenvalue weighted by molar-refractivity contribution is 5.52. The molecule has 0 atom stereocenters. The summed E-state index contributed by atoms with van der Waals surface area (Å²) < 4.78 is 5.20. The van der Waals surface area contributed by atoms with Crippen LogP contribution in [0.2, 0.25) is 0 Å². The van der Waals surface area contributed by atoms with E-state index in [1.807, 2.05) is 19.1 Å². The SMILES string of the molecule is COc1ccc(C(C)(C)c2ccc(C)c(N)c2)cc1. The van der Waals surface area contributed by atoms with E-state index in [0.717, 1.165) is 17.0 Å². The summed E-state index contributed by atoms with van der Waals surface area (Å²) in [6, 6.07) is 14.5. The number of methoxy groups -OCH3 is 1. The summed E-state index contributed by atoms with van der Waals surface area (Å²) in [7, 11) is 1.68. The molecular formula is C17H21NO. The van der Waals surface area contributed by atoms with Crippen molar-refractivity contribution in [1.82, 2.24) is 0 Å². The zero-order valence-electron chi connectivity index (χ0n) is 12.0. The number of hydrogen-bond donors (Lipinski definition) is 1. The van der Waals surface area contributed by atoms with E-state index in [9.17, 15) is 0 Å². The molecular weight excluding hydrogens is 234 g/mol. The summed E-state index contributed by atoms with van der Waals surface area (Å²) in [5.41, 5.74) is 10.4. The third kappa shape index (κ3) is 2.58. The van der Waals surface area contributed by atoms with E-state index in [1.54, 1.807) is 7.11 Å². The standard InChI is InChI=1S/C17H21NO/c1-12-5-6-14(11-16(12)18)17(2,3)13-7-9-15(19-4)10-8-13/h5-11H,18H2,1-4H3. The highest BCUT2D eigenvalue weighted by Gasteiger charge is 2.23. The van der Waals surface area contributed by atoms with Crippen molar-refractivity contribution in [2.45, 2.75) is 26.2 Å². The Bertz CT molecular complexity index is 570. The second kappa shape index (κ2) is 4.96. The lowest BCUT2D eigenvalue weighted by Gasteiger charge is -2.27. The van der Waals surface area contributed by atoms with Crippen LogP contribution in [-0.2, 0) is 5.41 Å². The minimum absolute atomic E-state index is 0.0753. The molecule has 0 aliphatic carbocycles. The molecule has 0 amide bonds. The highest BCUT2D eigenvalue weighted by atomic mass is 16.5. The minimum Gasteiger partial charge on any atom is -0.497 e. The van der Waals surface area contributed by atoms with Gasteiger partial charge in [-0.25, -0.2) is 0 Å². The van der Waals surface area contributed by atoms with E-state index < -0.39 is 0 Å². The van der Waals surface area contributed by atoms with Crippen molar-refractivity contribution in [2.75, 3.05) is 12.8 Å². The number of rotatable bonds is 3. The fourth-order valence-electron chi connectivity index (χ4n) is 2.20. The molecule has 19 heavy (non-hydrogen) atoms. The van der Waals surface area contributed by atoms with Gasteiger partial charge in [0.25, 0.3) is 0 Å². The molecule has 2 nitrogen and oxygen atoms in total. The van der Waals surface area contributed by atoms with Crippen molar-refractivity contribution < 1.29 is 4.74 Å². The number of nitrogen functional groups attached to an aromatic ring is 1. The topological polar surface area (TPSA) is 35.2 Å². The van der Waals surface area contributed by atoms with Crippen LogP contribution in [0.25, 0.3) is 0 Å². The lowest BCUT2D eigenvalue weighted by Crippen LogP contribution is -2.19. The van der Waals surface area contributed by atoms with Crippen molar-refractivity contribution in [3.8, 4) is 5.75 Å². The Balaban J connectivity index is 2.41. The first kappa shape index (κ1) is 13.5. The van der Waals surface area contributed by atoms with Crippen LogP contribution < -0.4 is 10.5 Å². The van der Waals surface area contributed by atoms with Crippen LogP contribution in [0, 0.1) is 6.92 Å². The van der Waals surface area contributed by atoms with Crippen LogP contribution in [0.3, 0.4) is 0 Å². The lowest BCUT2D eigenvalue weighted by molar-refractivity contribution is 0.414. The number of hydrogen-bond acceptors (Lipinski definition) is 2. The summed E-state index contributed by atoms with van der Waals surface area (Å²) in [5.74, 6) is 0.878. The van der Waals surface area contributed by atoms with Gasteiger partial charge in [0.2, 0.25) is 0 Å². The van der Waals surface area contributed by atoms with Crippen LogP contribution in [0.5, 0.6) is 5.75 Å². The van der Waals surface area contributed by atoms with Crippen molar-refractivity contribution >= 4 is 5.69 Å². The summed E-state index contributed by atoms with van der Waals surface area (Å²) in [6.45, 7) is 6.44. The molecule has 0 aliphatic heterocycles. The highest BCUT2D eigenvalue weighted by Crippen LogP contribution is 2.33. The molecule has 0 heterocycles. The summed E-state index contributed by atoms with van der Waals surface area (Å²) in [6.07, 6.45) is 0. The van der Waals surface area contributed by atoms with Crippen LogP contribution in [0.15, 0.2) is 42.5 Å². The van der Waals surface area contributed by atoms with Gasteiger partial charge in [-0.2, -0.15) is 0 Å². The zero-order chi connectivity index (χ0) is 14.0. The quantitative estimate of drug-likeness (QED) is 0.844. The van der Waals surface area contributed by atoms with Gasteiger partial charge in [0, 0.05) is 11.1 Å². The van der Waals surface area contributed by atoms with Crippen molar-refractivity contribution in [2.24, 2.45) is 0 Å². The fraction of sp³-hybridized carbons (Fsp3) is 0.294. The zero-order valence-corrected chi connectivity index (χ0v) is 12.0. The molecule has 0 fully saturated rings. The molecule has 0 saturated heterocycles. The molecule has 2 rings (SSSR count). The minimum atomic E-state index is -0.0753. The van der Waals surface area contributed by atoms with Crippen LogP contribution in [0.1, 0.15) is 30.5 Å². The van der Waals surface area contributed by atoms with Crippen molar-refractivity contribution in [3.05, 3.63) is 59.2 Å². The van der Waals surface area contributed by atoms with E-state index in [2.05, 4.69) is 44.2 Å². The van der Waals surface area contributed by atoms with Gasteiger partial charge in [0.05, 0.1) is 7.11 Å². The monoisotopic (exact) mass is 255 g/mol. The van der Waals surface area contributed by atoms with E-state index >= 15 is 0 Å². The normalized spacial score (nSPS) is 11.4. The first-order valence-electron chi connectivity index (χ1n) is 6.46. The van der Waals surface area contributed by atoms with Gasteiger partial charge in [-0.05, 0) is 41.8 Å². The number of nitrogens with two attached hydrogens (primary N) is 1. The number of aryl methyl sites for hydroxylation is 1. The summed E-state index contributed by atoms with van der Waals surface area (Å²) in [4.78, 5) is 0. The Morgan fingerprint density at radius 2 is 1.53 bits per heavy atom. The fourth-order valence-corrected chi connectivity index (χ4v) is 2.20. The summed E-state index contributed by atoms with van der Waals surface area (Å²) in [5, 5.41) is 0. The third-order valence-electron chi connectivity index (χ3n) is 3.81. The smallest absolute Gasteiger partial charge is 0.118 e. The maximum Gasteiger partial charge on any atom is 0.118 e. The third-order valence-corrected chi connectivity index (χ3v) is 3.81. The molecule has 0 radical (unpaired) electrons. The number of anilines is 1. The molecule has 0 unspecified atom stereocenters. The largest absolute Gasteiger partial charge is 0.497 e. The second-order valence-electron chi connectivity index (χ2n) is 5.42. The maximum absolute atomic E-state index is 6.02. The Morgan fingerprint density at radius 3 is 2.05 bits per heavy atom. The summed E-state index contributed by atoms with van der Waals surface area (Å²) >= 11 is 0. The molecule has 0 bridgehead atoms. The van der Waals surface area contributed by atoms with Crippen molar-refractivity contribution in [3.63, 3.8) is 0 Å². The van der Waals surface area contributed by atoms with E-state index in [0.29, 0.717) is 0 Å². The molecule has 2 aromatic rings. The van der Waals surface area contributed by atoms with Crippen molar-refractivity contribution in [1.29, 1.82) is 0 Å². The van der Waals surface area contributed by atoms with Gasteiger partial charge in [-0.1, -0.05) is 38.1 Å². The van der Waals surface area contributed by atoms with Crippen LogP contribution >= 0.6 is 0 Å². The van der Waals surface area contributed by atoms with Gasteiger partial charge in [-0.15, -0.1) is 0 Å². The molecule has 0 saturated carbocycles. The predicted octanol–water partition coefficient (Wildman–Crippen LogP) is 3.91. The molecule has 2 aromatic carbocycles. The lowest BCUT2D eigenvalue weighted by atomic mass is 9.78. The van der Waals surface area contributed by atoms with Crippen LogP contribution in [0.4, 0.5) is 5.69 Å². The molecule has 2 N–H and O–H groups in total. The molecule has 2 heteroatoms. The second-order valence-corrected chi connectivity index (χ2v) is 5.42. The number of benzene rings is 2. The van der Waals surface area contributed by atoms with Crippen LogP contribution in [-0.4, -0.2) is 7.11 Å². The van der Waals surface area contributed by atoms with E-state index in [1.165, 1.54) is 11.1 Å². The Morgan fingerprint density at radius 1 is 0.947 bits per heavy atom. The predicted molar refractivity (Wildman–Crippen MR) is 80.7 cm³/mol. The average molecular weight is 255 g/mol. The van der Waals surface area contributed by atoms with E-state index in [-0.39, 0.29) is 5.41 Å². The Hall–Kier alpha value is -1.96. The average Bonchev–Trinajstić information content (AvgIpc) is 2.41. The van der Waals surface area contributed by atoms with Gasteiger partial charge >= 0.3 is 0 Å². The number of ether oxygens (including phenoxy) is 1.